The van der Waals surface area contributed by atoms with Crippen molar-refractivity contribution in [1.29, 1.82) is 0 Å². The Balaban J connectivity index is 1.37. The summed E-state index contributed by atoms with van der Waals surface area (Å²) in [6.45, 7) is 4.85. The van der Waals surface area contributed by atoms with Gasteiger partial charge in [0.2, 0.25) is 5.91 Å². The number of ether oxygens (including phenoxy) is 1. The Labute approximate surface area is 183 Å². The Hall–Kier alpha value is -1.88. The number of hydrogen-bond acceptors (Lipinski definition) is 4. The van der Waals surface area contributed by atoms with Crippen molar-refractivity contribution >= 4 is 22.4 Å². The van der Waals surface area contributed by atoms with Crippen LogP contribution in [0.1, 0.15) is 63.7 Å². The van der Waals surface area contributed by atoms with Crippen LogP contribution >= 0.6 is 11.3 Å². The first-order chi connectivity index (χ1) is 14.6. The molecule has 0 spiro atoms. The number of aryl methyl sites for hydroxylation is 1. The number of nitrogens with zero attached hydrogens (tertiary/aromatic N) is 1. The highest BCUT2D eigenvalue weighted by Crippen LogP contribution is 2.60. The average molecular weight is 425 g/mol. The van der Waals surface area contributed by atoms with Crippen LogP contribution in [0.5, 0.6) is 5.75 Å². The van der Waals surface area contributed by atoms with Gasteiger partial charge in [0.15, 0.2) is 5.13 Å². The summed E-state index contributed by atoms with van der Waals surface area (Å²) in [5.74, 6) is 3.43. The lowest BCUT2D eigenvalue weighted by molar-refractivity contribution is -0.140. The third-order valence-electron chi connectivity index (χ3n) is 7.35. The van der Waals surface area contributed by atoms with Gasteiger partial charge in [0.25, 0.3) is 0 Å². The number of nitrogens with one attached hydrogen (secondary N) is 1. The van der Waals surface area contributed by atoms with Gasteiger partial charge in [-0.1, -0.05) is 13.3 Å². The van der Waals surface area contributed by atoms with E-state index in [2.05, 4.69) is 24.4 Å². The second-order valence-electron chi connectivity index (χ2n) is 9.65. The summed E-state index contributed by atoms with van der Waals surface area (Å²) in [6.07, 6.45) is 9.37. The number of amides is 1. The minimum atomic E-state index is -0.134. The standard InChI is InChI=1S/C25H32N2O2S/c1-3-5-21-22(19-6-8-20(9-7-19)29-4-2)26-24(30-21)27-23(28)25-13-16-10-17(14-25)12-18(11-16)15-25/h6-9,16-18H,3-5,10-15H2,1-2H3,(H,26,27,28). The maximum absolute atomic E-state index is 13.4. The van der Waals surface area contributed by atoms with Gasteiger partial charge in [-0.3, -0.25) is 4.79 Å². The molecule has 1 aromatic heterocycles. The van der Waals surface area contributed by atoms with Crippen LogP contribution in [-0.4, -0.2) is 17.5 Å². The van der Waals surface area contributed by atoms with Crippen LogP contribution in [-0.2, 0) is 11.2 Å². The number of rotatable bonds is 7. The van der Waals surface area contributed by atoms with Crippen LogP contribution in [0.3, 0.4) is 0 Å². The van der Waals surface area contributed by atoms with Crippen molar-refractivity contribution in [2.75, 3.05) is 11.9 Å². The normalized spacial score (nSPS) is 29.2. The number of thiazole rings is 1. The lowest BCUT2D eigenvalue weighted by Gasteiger charge is -2.55. The van der Waals surface area contributed by atoms with Crippen molar-refractivity contribution in [3.63, 3.8) is 0 Å². The van der Waals surface area contributed by atoms with Crippen LogP contribution in [0.4, 0.5) is 5.13 Å². The van der Waals surface area contributed by atoms with Crippen molar-refractivity contribution in [1.82, 2.24) is 4.98 Å². The molecule has 0 atom stereocenters. The Morgan fingerprint density at radius 3 is 2.30 bits per heavy atom. The molecule has 1 N–H and O–H groups in total. The molecule has 30 heavy (non-hydrogen) atoms. The first kappa shape index (κ1) is 20.0. The maximum atomic E-state index is 13.4. The minimum Gasteiger partial charge on any atom is -0.494 e. The van der Waals surface area contributed by atoms with Crippen LogP contribution < -0.4 is 10.1 Å². The van der Waals surface area contributed by atoms with E-state index in [1.165, 1.54) is 24.1 Å². The summed E-state index contributed by atoms with van der Waals surface area (Å²) in [7, 11) is 0. The zero-order chi connectivity index (χ0) is 20.7. The molecular weight excluding hydrogens is 392 g/mol. The summed E-state index contributed by atoms with van der Waals surface area (Å²) in [5.41, 5.74) is 1.96. The topological polar surface area (TPSA) is 51.2 Å². The molecule has 4 nitrogen and oxygen atoms in total. The van der Waals surface area contributed by atoms with Crippen molar-refractivity contribution < 1.29 is 9.53 Å². The van der Waals surface area contributed by atoms with E-state index >= 15 is 0 Å². The monoisotopic (exact) mass is 424 g/mol. The Morgan fingerprint density at radius 2 is 1.73 bits per heavy atom. The Bertz CT molecular complexity index is 882. The second kappa shape index (κ2) is 7.99. The van der Waals surface area contributed by atoms with E-state index in [9.17, 15) is 4.79 Å². The molecule has 0 unspecified atom stereocenters. The molecule has 6 rings (SSSR count). The van der Waals surface area contributed by atoms with Crippen LogP contribution in [0.25, 0.3) is 11.3 Å². The quantitative estimate of drug-likeness (QED) is 0.566. The molecule has 4 aliphatic rings. The first-order valence-corrected chi connectivity index (χ1v) is 12.4. The van der Waals surface area contributed by atoms with Gasteiger partial charge in [0.05, 0.1) is 17.7 Å². The van der Waals surface area contributed by atoms with Gasteiger partial charge in [-0.15, -0.1) is 11.3 Å². The third kappa shape index (κ3) is 3.66. The molecule has 4 fully saturated rings. The van der Waals surface area contributed by atoms with Gasteiger partial charge in [-0.05, 0) is 93.9 Å². The number of benzene rings is 1. The predicted octanol–water partition coefficient (Wildman–Crippen LogP) is 6.32. The fourth-order valence-corrected chi connectivity index (χ4v) is 7.60. The molecule has 1 aromatic carbocycles. The molecule has 4 saturated carbocycles. The lowest BCUT2D eigenvalue weighted by atomic mass is 9.49. The van der Waals surface area contributed by atoms with E-state index in [-0.39, 0.29) is 11.3 Å². The Kier molecular flexibility index (Phi) is 5.34. The van der Waals surface area contributed by atoms with E-state index < -0.39 is 0 Å². The van der Waals surface area contributed by atoms with Crippen molar-refractivity contribution in [2.24, 2.45) is 23.2 Å². The number of carbonyl (C=O) groups is 1. The lowest BCUT2D eigenvalue weighted by Crippen LogP contribution is -2.51. The highest BCUT2D eigenvalue weighted by molar-refractivity contribution is 7.16. The molecule has 2 aromatic rings. The molecule has 4 aliphatic carbocycles. The number of anilines is 1. The van der Waals surface area contributed by atoms with E-state index in [0.717, 1.165) is 72.0 Å². The minimum absolute atomic E-state index is 0.134. The SMILES string of the molecule is CCCc1sc(NC(=O)C23CC4CC(CC(C4)C2)C3)nc1-c1ccc(OCC)cc1. The fourth-order valence-electron chi connectivity index (χ4n) is 6.52. The van der Waals surface area contributed by atoms with Gasteiger partial charge >= 0.3 is 0 Å². The second-order valence-corrected chi connectivity index (χ2v) is 10.7. The zero-order valence-corrected chi connectivity index (χ0v) is 18.9. The van der Waals surface area contributed by atoms with E-state index in [1.54, 1.807) is 11.3 Å². The van der Waals surface area contributed by atoms with Gasteiger partial charge in [-0.2, -0.15) is 0 Å². The van der Waals surface area contributed by atoms with Gasteiger partial charge < -0.3 is 10.1 Å². The smallest absolute Gasteiger partial charge is 0.232 e. The van der Waals surface area contributed by atoms with E-state index in [1.807, 2.05) is 19.1 Å². The molecule has 160 valence electrons. The molecule has 0 aliphatic heterocycles. The molecule has 0 saturated heterocycles. The van der Waals surface area contributed by atoms with Crippen LogP contribution in [0.15, 0.2) is 24.3 Å². The summed E-state index contributed by atoms with van der Waals surface area (Å²) in [5, 5.41) is 4.03. The molecular formula is C25H32N2O2S. The third-order valence-corrected chi connectivity index (χ3v) is 8.38. The van der Waals surface area contributed by atoms with E-state index in [4.69, 9.17) is 9.72 Å². The van der Waals surface area contributed by atoms with Crippen molar-refractivity contribution in [3.8, 4) is 17.0 Å². The summed E-state index contributed by atoms with van der Waals surface area (Å²) < 4.78 is 5.57. The number of hydrogen-bond donors (Lipinski definition) is 1. The van der Waals surface area contributed by atoms with E-state index in [0.29, 0.717) is 6.61 Å². The van der Waals surface area contributed by atoms with Gasteiger partial charge in [-0.25, -0.2) is 4.98 Å². The summed E-state index contributed by atoms with van der Waals surface area (Å²) in [4.78, 5) is 19.6. The maximum Gasteiger partial charge on any atom is 0.232 e. The fraction of sp³-hybridized carbons (Fsp3) is 0.600. The Morgan fingerprint density at radius 1 is 1.10 bits per heavy atom. The molecule has 4 bridgehead atoms. The van der Waals surface area contributed by atoms with Crippen molar-refractivity contribution in [3.05, 3.63) is 29.1 Å². The van der Waals surface area contributed by atoms with Crippen LogP contribution in [0.2, 0.25) is 0 Å². The van der Waals surface area contributed by atoms with Gasteiger partial charge in [0, 0.05) is 10.4 Å². The van der Waals surface area contributed by atoms with Crippen LogP contribution in [0, 0.1) is 23.2 Å². The summed E-state index contributed by atoms with van der Waals surface area (Å²) in [6, 6.07) is 8.15. The molecule has 5 heteroatoms. The largest absolute Gasteiger partial charge is 0.494 e. The highest BCUT2D eigenvalue weighted by Gasteiger charge is 2.54. The molecule has 0 radical (unpaired) electrons. The highest BCUT2D eigenvalue weighted by atomic mass is 32.1. The zero-order valence-electron chi connectivity index (χ0n) is 18.1. The summed E-state index contributed by atoms with van der Waals surface area (Å²) >= 11 is 1.65. The predicted molar refractivity (Wildman–Crippen MR) is 122 cm³/mol. The van der Waals surface area contributed by atoms with Gasteiger partial charge in [0.1, 0.15) is 5.75 Å². The number of aromatic nitrogens is 1. The number of carbonyl (C=O) groups excluding carboxylic acids is 1. The molecule has 1 heterocycles. The average Bonchev–Trinajstić information content (AvgIpc) is 3.10. The molecule has 1 amide bonds. The van der Waals surface area contributed by atoms with Crippen molar-refractivity contribution in [2.45, 2.75) is 65.2 Å². The first-order valence-electron chi connectivity index (χ1n) is 11.6.